The molecule has 0 saturated carbocycles. The van der Waals surface area contributed by atoms with Crippen LogP contribution in [0.5, 0.6) is 0 Å². The minimum absolute atomic E-state index is 0.0762. The highest BCUT2D eigenvalue weighted by atomic mass is 19.4. The van der Waals surface area contributed by atoms with Gasteiger partial charge in [0.15, 0.2) is 0 Å². The Bertz CT molecular complexity index is 446. The highest BCUT2D eigenvalue weighted by Crippen LogP contribution is 2.28. The second-order valence-electron chi connectivity index (χ2n) is 3.71. The fourth-order valence-electron chi connectivity index (χ4n) is 1.53. The number of carboxylic acids is 1. The largest absolute Gasteiger partial charge is 0.478 e. The van der Waals surface area contributed by atoms with Crippen LogP contribution >= 0.6 is 0 Å². The van der Waals surface area contributed by atoms with Gasteiger partial charge in [-0.05, 0) is 25.1 Å². The van der Waals surface area contributed by atoms with Crippen LogP contribution < -0.4 is 10.6 Å². The van der Waals surface area contributed by atoms with Crippen molar-refractivity contribution in [3.05, 3.63) is 23.8 Å². The van der Waals surface area contributed by atoms with Gasteiger partial charge in [-0.1, -0.05) is 0 Å². The van der Waals surface area contributed by atoms with Crippen LogP contribution in [0, 0.1) is 0 Å². The quantitative estimate of drug-likeness (QED) is 0.817. The van der Waals surface area contributed by atoms with Crippen LogP contribution in [-0.4, -0.2) is 30.3 Å². The molecule has 3 N–H and O–H groups in total. The molecule has 0 saturated heterocycles. The molecule has 18 heavy (non-hydrogen) atoms. The number of carboxylic acid groups (broad SMARTS) is 1. The Balaban J connectivity index is 3.12. The molecule has 0 spiro atoms. The maximum atomic E-state index is 12.4. The summed E-state index contributed by atoms with van der Waals surface area (Å²) in [4.78, 5) is 11.8. The number of aromatic carboxylic acids is 1. The molecule has 0 aliphatic heterocycles. The summed E-state index contributed by atoms with van der Waals surface area (Å²) in [5.41, 5.74) is 5.68. The molecule has 0 unspecified atom stereocenters. The molecule has 4 nitrogen and oxygen atoms in total. The Labute approximate surface area is 102 Å². The van der Waals surface area contributed by atoms with Crippen molar-refractivity contribution in [3.63, 3.8) is 0 Å². The molecule has 1 rings (SSSR count). The molecule has 0 radical (unpaired) electrons. The summed E-state index contributed by atoms with van der Waals surface area (Å²) >= 11 is 0. The first-order chi connectivity index (χ1) is 8.24. The third-order valence-electron chi connectivity index (χ3n) is 2.37. The Morgan fingerprint density at radius 1 is 1.44 bits per heavy atom. The normalized spacial score (nSPS) is 11.3. The molecule has 0 aliphatic rings. The van der Waals surface area contributed by atoms with Gasteiger partial charge in [-0.2, -0.15) is 13.2 Å². The average Bonchev–Trinajstić information content (AvgIpc) is 2.25. The molecule has 0 bridgehead atoms. The third kappa shape index (κ3) is 3.54. The van der Waals surface area contributed by atoms with E-state index in [1.165, 1.54) is 12.1 Å². The predicted molar refractivity (Wildman–Crippen MR) is 61.8 cm³/mol. The van der Waals surface area contributed by atoms with Gasteiger partial charge in [0.25, 0.3) is 0 Å². The fraction of sp³-hybridized carbons (Fsp3) is 0.364. The summed E-state index contributed by atoms with van der Waals surface area (Å²) in [5.74, 6) is -1.21. The summed E-state index contributed by atoms with van der Waals surface area (Å²) < 4.78 is 37.1. The zero-order chi connectivity index (χ0) is 13.9. The van der Waals surface area contributed by atoms with E-state index in [1.807, 2.05) is 0 Å². The average molecular weight is 262 g/mol. The molecule has 0 aromatic heterocycles. The van der Waals surface area contributed by atoms with E-state index in [1.54, 1.807) is 6.92 Å². The lowest BCUT2D eigenvalue weighted by Crippen LogP contribution is -2.34. The zero-order valence-corrected chi connectivity index (χ0v) is 9.66. The fourth-order valence-corrected chi connectivity index (χ4v) is 1.53. The van der Waals surface area contributed by atoms with Gasteiger partial charge in [0.05, 0.1) is 16.9 Å². The van der Waals surface area contributed by atoms with Gasteiger partial charge in [-0.3, -0.25) is 0 Å². The molecule has 0 amide bonds. The number of hydrogen-bond donors (Lipinski definition) is 2. The number of nitrogens with two attached hydrogens (primary N) is 1. The zero-order valence-electron chi connectivity index (χ0n) is 9.66. The monoisotopic (exact) mass is 262 g/mol. The van der Waals surface area contributed by atoms with Crippen molar-refractivity contribution in [3.8, 4) is 0 Å². The van der Waals surface area contributed by atoms with Crippen LogP contribution in [0.2, 0.25) is 0 Å². The maximum absolute atomic E-state index is 12.4. The molecular weight excluding hydrogens is 249 g/mol. The molecular formula is C11H13F3N2O2. The number of carbonyl (C=O) groups is 1. The van der Waals surface area contributed by atoms with Crippen LogP contribution in [-0.2, 0) is 0 Å². The molecule has 0 heterocycles. The first kappa shape index (κ1) is 14.1. The molecule has 0 aliphatic carbocycles. The van der Waals surface area contributed by atoms with E-state index in [2.05, 4.69) is 0 Å². The highest BCUT2D eigenvalue weighted by molar-refractivity contribution is 5.90. The number of rotatable bonds is 4. The van der Waals surface area contributed by atoms with Gasteiger partial charge in [-0.25, -0.2) is 4.79 Å². The number of hydrogen-bond acceptors (Lipinski definition) is 3. The number of benzene rings is 1. The molecule has 0 fully saturated rings. The maximum Gasteiger partial charge on any atom is 0.405 e. The minimum Gasteiger partial charge on any atom is -0.478 e. The Morgan fingerprint density at radius 2 is 2.06 bits per heavy atom. The number of halogens is 3. The minimum atomic E-state index is -4.37. The molecule has 7 heteroatoms. The summed E-state index contributed by atoms with van der Waals surface area (Å²) in [7, 11) is 0. The molecule has 100 valence electrons. The van der Waals surface area contributed by atoms with E-state index in [9.17, 15) is 18.0 Å². The Hall–Kier alpha value is -1.92. The smallest absolute Gasteiger partial charge is 0.405 e. The second kappa shape index (κ2) is 5.16. The lowest BCUT2D eigenvalue weighted by Gasteiger charge is -2.25. The van der Waals surface area contributed by atoms with E-state index in [0.29, 0.717) is 0 Å². The summed E-state index contributed by atoms with van der Waals surface area (Å²) in [5, 5.41) is 8.81. The van der Waals surface area contributed by atoms with E-state index >= 15 is 0 Å². The number of anilines is 2. The first-order valence-electron chi connectivity index (χ1n) is 5.19. The van der Waals surface area contributed by atoms with Crippen LogP contribution in [0.4, 0.5) is 24.5 Å². The Morgan fingerprint density at radius 3 is 2.50 bits per heavy atom. The number of alkyl halides is 3. The third-order valence-corrected chi connectivity index (χ3v) is 2.37. The van der Waals surface area contributed by atoms with Gasteiger partial charge >= 0.3 is 12.1 Å². The van der Waals surface area contributed by atoms with Gasteiger partial charge in [-0.15, -0.1) is 0 Å². The second-order valence-corrected chi connectivity index (χ2v) is 3.71. The van der Waals surface area contributed by atoms with Crippen LogP contribution in [0.25, 0.3) is 0 Å². The van der Waals surface area contributed by atoms with Crippen molar-refractivity contribution in [2.75, 3.05) is 23.7 Å². The topological polar surface area (TPSA) is 66.6 Å². The summed E-state index contributed by atoms with van der Waals surface area (Å²) in [6, 6.07) is 3.69. The van der Waals surface area contributed by atoms with Crippen LogP contribution in [0.15, 0.2) is 18.2 Å². The van der Waals surface area contributed by atoms with E-state index in [0.717, 1.165) is 11.0 Å². The standard InChI is InChI=1S/C11H13F3N2O2/c1-2-16(6-11(12,13)14)9-5-7(10(17)18)3-4-8(9)15/h3-5H,2,6,15H2,1H3,(H,17,18). The first-order valence-corrected chi connectivity index (χ1v) is 5.19. The van der Waals surface area contributed by atoms with Crippen molar-refractivity contribution < 1.29 is 23.1 Å². The molecule has 1 aromatic carbocycles. The van der Waals surface area contributed by atoms with Crippen molar-refractivity contribution in [1.82, 2.24) is 0 Å². The number of nitrogen functional groups attached to an aromatic ring is 1. The van der Waals surface area contributed by atoms with Gasteiger partial charge in [0, 0.05) is 6.54 Å². The van der Waals surface area contributed by atoms with Gasteiger partial charge < -0.3 is 15.7 Å². The molecule has 1 aromatic rings. The summed E-state index contributed by atoms with van der Waals surface area (Å²) in [6.45, 7) is 0.447. The predicted octanol–water partition coefficient (Wildman–Crippen LogP) is 2.36. The van der Waals surface area contributed by atoms with E-state index in [-0.39, 0.29) is 23.5 Å². The van der Waals surface area contributed by atoms with E-state index in [4.69, 9.17) is 10.8 Å². The van der Waals surface area contributed by atoms with Crippen molar-refractivity contribution in [2.24, 2.45) is 0 Å². The van der Waals surface area contributed by atoms with Crippen molar-refractivity contribution >= 4 is 17.3 Å². The van der Waals surface area contributed by atoms with Gasteiger partial charge in [0.1, 0.15) is 6.54 Å². The van der Waals surface area contributed by atoms with Crippen molar-refractivity contribution in [1.29, 1.82) is 0 Å². The SMILES string of the molecule is CCN(CC(F)(F)F)c1cc(C(=O)O)ccc1N. The lowest BCUT2D eigenvalue weighted by molar-refractivity contribution is -0.119. The highest BCUT2D eigenvalue weighted by Gasteiger charge is 2.31. The lowest BCUT2D eigenvalue weighted by atomic mass is 10.1. The van der Waals surface area contributed by atoms with Gasteiger partial charge in [0.2, 0.25) is 0 Å². The van der Waals surface area contributed by atoms with Crippen LogP contribution in [0.1, 0.15) is 17.3 Å². The van der Waals surface area contributed by atoms with E-state index < -0.39 is 18.7 Å². The van der Waals surface area contributed by atoms with Crippen molar-refractivity contribution in [2.45, 2.75) is 13.1 Å². The summed E-state index contributed by atoms with van der Waals surface area (Å²) in [6.07, 6.45) is -4.37. The van der Waals surface area contributed by atoms with Crippen LogP contribution in [0.3, 0.4) is 0 Å². The Kier molecular flexibility index (Phi) is 4.05. The number of nitrogens with zero attached hydrogens (tertiary/aromatic N) is 1. The molecule has 0 atom stereocenters.